The first kappa shape index (κ1) is 55.8. The number of benzene rings is 2. The average molecular weight is 1090 g/mol. The molecule has 1 aliphatic carbocycles. The van der Waals surface area contributed by atoms with Gasteiger partial charge in [0.1, 0.15) is 30.4 Å². The largest absolute Gasteiger partial charge is 0.443 e. The first-order chi connectivity index (χ1) is 33.0. The van der Waals surface area contributed by atoms with Crippen molar-refractivity contribution in [3.8, 4) is 11.1 Å². The lowest BCUT2D eigenvalue weighted by molar-refractivity contribution is -0.143. The Balaban J connectivity index is 1.62. The molecule has 1 N–H and O–H groups in total. The van der Waals surface area contributed by atoms with Gasteiger partial charge in [-0.05, 0) is 75.3 Å². The zero-order valence-electron chi connectivity index (χ0n) is 39.4. The van der Waals surface area contributed by atoms with Gasteiger partial charge in [0.05, 0.1) is 38.7 Å². The van der Waals surface area contributed by atoms with Gasteiger partial charge >= 0.3 is 18.3 Å². The molecule has 72 heavy (non-hydrogen) atoms. The number of sulfone groups is 1. The third kappa shape index (κ3) is 11.8. The second kappa shape index (κ2) is 20.1. The van der Waals surface area contributed by atoms with Crippen molar-refractivity contribution in [2.45, 2.75) is 115 Å². The normalized spacial score (nSPS) is 16.8. The van der Waals surface area contributed by atoms with Crippen molar-refractivity contribution in [1.29, 1.82) is 0 Å². The molecule has 5 aromatic rings. The molecule has 1 amide bonds. The van der Waals surface area contributed by atoms with E-state index in [1.165, 1.54) is 32.0 Å². The molecule has 394 valence electrons. The van der Waals surface area contributed by atoms with Crippen molar-refractivity contribution in [3.63, 3.8) is 0 Å². The highest BCUT2D eigenvalue weighted by atomic mass is 35.5. The lowest BCUT2D eigenvalue weighted by Gasteiger charge is -2.25. The summed E-state index contributed by atoms with van der Waals surface area (Å²) in [4.78, 5) is 31.4. The van der Waals surface area contributed by atoms with Gasteiger partial charge in [0.25, 0.3) is 5.92 Å². The van der Waals surface area contributed by atoms with Crippen LogP contribution in [0.4, 0.5) is 49.7 Å². The van der Waals surface area contributed by atoms with Crippen LogP contribution in [0.15, 0.2) is 42.5 Å². The molecule has 0 saturated heterocycles. The van der Waals surface area contributed by atoms with Gasteiger partial charge in [0, 0.05) is 47.0 Å². The minimum absolute atomic E-state index is 0.0734. The summed E-state index contributed by atoms with van der Waals surface area (Å²) in [6.45, 7) is 2.40. The molecule has 3 heterocycles. The molecular formula is C45H48ClF10N7O7S2. The van der Waals surface area contributed by atoms with E-state index in [0.717, 1.165) is 38.3 Å². The lowest BCUT2D eigenvalue weighted by atomic mass is 9.93. The SMILES string of the molecule is CCCC(=O)OCN(c1nn(CC(F)(F)F)c2c(-c3ccc(CCC(C)(C)S(C)(=O)=O)nc3[C@H](Cc3cc(F)cc(F)c3)NC(=O)Cn3nc(C(F)(F)F)c4c3C(F)(F)[C@H](C)[C@@H]4C)ccc(Cl)c12)S(C)(=O)=O. The van der Waals surface area contributed by atoms with Crippen LogP contribution < -0.4 is 9.62 Å². The number of alkyl halides is 8. The highest BCUT2D eigenvalue weighted by Crippen LogP contribution is 2.55. The number of carbonyl (C=O) groups is 2. The Morgan fingerprint density at radius 2 is 1.56 bits per heavy atom. The first-order valence-corrected chi connectivity index (χ1v) is 26.1. The summed E-state index contributed by atoms with van der Waals surface area (Å²) in [6.07, 6.45) is -9.42. The number of esters is 1. The van der Waals surface area contributed by atoms with Gasteiger partial charge < -0.3 is 10.1 Å². The van der Waals surface area contributed by atoms with Crippen molar-refractivity contribution in [3.05, 3.63) is 93.0 Å². The highest BCUT2D eigenvalue weighted by Gasteiger charge is 2.57. The average Bonchev–Trinajstić information content (AvgIpc) is 3.85. The zero-order valence-corrected chi connectivity index (χ0v) is 41.8. The molecule has 0 saturated carbocycles. The Bertz CT molecular complexity index is 3120. The fraction of sp³-hybridized carbons (Fsp3) is 0.489. The van der Waals surface area contributed by atoms with E-state index in [1.807, 2.05) is 0 Å². The van der Waals surface area contributed by atoms with Gasteiger partial charge in [-0.15, -0.1) is 0 Å². The molecule has 3 aromatic heterocycles. The van der Waals surface area contributed by atoms with E-state index in [0.29, 0.717) is 21.3 Å². The summed E-state index contributed by atoms with van der Waals surface area (Å²) in [5.41, 5.74) is -5.10. The number of nitrogens with one attached hydrogen (secondary N) is 1. The van der Waals surface area contributed by atoms with E-state index in [4.69, 9.17) is 21.3 Å². The molecule has 0 bridgehead atoms. The number of rotatable bonds is 18. The van der Waals surface area contributed by atoms with Crippen LogP contribution in [0.2, 0.25) is 5.02 Å². The molecule has 0 fully saturated rings. The Morgan fingerprint density at radius 3 is 2.12 bits per heavy atom. The van der Waals surface area contributed by atoms with Gasteiger partial charge in [-0.25, -0.2) is 29.9 Å². The van der Waals surface area contributed by atoms with Crippen LogP contribution in [-0.2, 0) is 72.2 Å². The molecule has 0 aliphatic heterocycles. The number of hydrogen-bond acceptors (Lipinski definition) is 10. The number of hydrogen-bond donors (Lipinski definition) is 1. The Morgan fingerprint density at radius 1 is 0.931 bits per heavy atom. The molecule has 0 radical (unpaired) electrons. The van der Waals surface area contributed by atoms with Crippen molar-refractivity contribution in [2.24, 2.45) is 5.92 Å². The van der Waals surface area contributed by atoms with Crippen LogP contribution in [0, 0.1) is 17.6 Å². The highest BCUT2D eigenvalue weighted by molar-refractivity contribution is 7.92. The van der Waals surface area contributed by atoms with Crippen molar-refractivity contribution >= 4 is 60.1 Å². The van der Waals surface area contributed by atoms with Crippen molar-refractivity contribution in [2.75, 3.05) is 23.5 Å². The van der Waals surface area contributed by atoms with E-state index >= 15 is 8.78 Å². The Hall–Kier alpha value is -5.50. The molecule has 27 heteroatoms. The number of carbonyl (C=O) groups excluding carboxylic acids is 2. The number of sulfonamides is 1. The maximum absolute atomic E-state index is 15.8. The maximum Gasteiger partial charge on any atom is 0.435 e. The minimum Gasteiger partial charge on any atom is -0.443 e. The first-order valence-electron chi connectivity index (χ1n) is 21.9. The number of anilines is 1. The molecule has 3 atom stereocenters. The monoisotopic (exact) mass is 1090 g/mol. The molecule has 2 aromatic carbocycles. The molecular weight excluding hydrogens is 1040 g/mol. The van der Waals surface area contributed by atoms with Crippen LogP contribution in [0.25, 0.3) is 22.0 Å². The zero-order chi connectivity index (χ0) is 53.8. The third-order valence-corrected chi connectivity index (χ3v) is 16.1. The van der Waals surface area contributed by atoms with Gasteiger partial charge in [-0.3, -0.25) is 23.9 Å². The predicted octanol–water partition coefficient (Wildman–Crippen LogP) is 9.58. The number of ether oxygens (including phenoxy) is 1. The van der Waals surface area contributed by atoms with Crippen LogP contribution in [-0.4, -0.2) is 83.4 Å². The number of halogens is 11. The van der Waals surface area contributed by atoms with Crippen molar-refractivity contribution < 1.29 is 75.1 Å². The molecule has 1 aliphatic rings. The molecule has 6 rings (SSSR count). The van der Waals surface area contributed by atoms with E-state index < -0.39 is 144 Å². The number of aromatic nitrogens is 5. The molecule has 0 unspecified atom stereocenters. The number of pyridine rings is 1. The number of aryl methyl sites for hydroxylation is 1. The smallest absolute Gasteiger partial charge is 0.435 e. The van der Waals surface area contributed by atoms with Crippen molar-refractivity contribution in [1.82, 2.24) is 29.9 Å². The summed E-state index contributed by atoms with van der Waals surface area (Å²) in [5.74, 6) is -12.1. The van der Waals surface area contributed by atoms with Crippen LogP contribution in [0.5, 0.6) is 0 Å². The van der Waals surface area contributed by atoms with E-state index in [9.17, 15) is 61.5 Å². The van der Waals surface area contributed by atoms with E-state index in [2.05, 4.69) is 15.5 Å². The van der Waals surface area contributed by atoms with E-state index in [-0.39, 0.29) is 63.5 Å². The number of amides is 1. The molecule has 0 spiro atoms. The summed E-state index contributed by atoms with van der Waals surface area (Å²) in [7, 11) is -8.27. The second-order valence-corrected chi connectivity index (χ2v) is 23.2. The topological polar surface area (TPSA) is 175 Å². The standard InChI is InChI=1S/C45H48ClF10N7O7S2/c1-8-9-34(65)70-22-63(72(7,68)69)41-36-31(46)13-12-30(38(36)62(60-41)21-43(49,50)51)29-11-10-28(14-15-42(4,5)71(6,66)67)57-37(29)32(18-25-16-26(47)19-27(48)17-25)58-33(64)20-61-40-35(39(59-61)45(54,55)56)23(2)24(3)44(40,52)53/h10-13,16-17,19,23-24,32H,8-9,14-15,18,20-22H2,1-7H3,(H,58,64)/t23-,24+,32-/m0/s1. The van der Waals surface area contributed by atoms with Crippen LogP contribution in [0.1, 0.15) is 99.7 Å². The van der Waals surface area contributed by atoms with Crippen LogP contribution in [0.3, 0.4) is 0 Å². The fourth-order valence-corrected chi connectivity index (χ4v) is 9.74. The van der Waals surface area contributed by atoms with E-state index in [1.54, 1.807) is 6.92 Å². The van der Waals surface area contributed by atoms with Gasteiger partial charge in [-0.2, -0.15) is 45.3 Å². The third-order valence-electron chi connectivity index (χ3n) is 12.5. The predicted molar refractivity (Wildman–Crippen MR) is 244 cm³/mol. The van der Waals surface area contributed by atoms with Gasteiger partial charge in [-0.1, -0.05) is 44.5 Å². The summed E-state index contributed by atoms with van der Waals surface area (Å²) in [6, 6.07) is 5.44. The summed E-state index contributed by atoms with van der Waals surface area (Å²) < 4.78 is 205. The Labute approximate surface area is 412 Å². The molecule has 14 nitrogen and oxygen atoms in total. The lowest BCUT2D eigenvalue weighted by Crippen LogP contribution is -2.35. The summed E-state index contributed by atoms with van der Waals surface area (Å²) in [5, 5.41) is 9.11. The quantitative estimate of drug-likeness (QED) is 0.0505. The summed E-state index contributed by atoms with van der Waals surface area (Å²) >= 11 is 6.66. The van der Waals surface area contributed by atoms with Gasteiger partial charge in [0.2, 0.25) is 15.9 Å². The number of nitrogens with zero attached hydrogens (tertiary/aromatic N) is 6. The fourth-order valence-electron chi connectivity index (χ4n) is 8.34. The minimum atomic E-state index is -5.24. The number of fused-ring (bicyclic) bond motifs is 2. The maximum atomic E-state index is 15.8. The second-order valence-electron chi connectivity index (χ2n) is 18.3. The Kier molecular flexibility index (Phi) is 15.6. The van der Waals surface area contributed by atoms with Crippen LogP contribution >= 0.6 is 11.6 Å². The van der Waals surface area contributed by atoms with Gasteiger partial charge in [0.15, 0.2) is 28.1 Å².